The van der Waals surface area contributed by atoms with Crippen molar-refractivity contribution in [3.05, 3.63) is 102 Å². The second kappa shape index (κ2) is 10.4. The van der Waals surface area contributed by atoms with Crippen LogP contribution >= 0.6 is 0 Å². The molecule has 0 spiro atoms. The molecule has 0 saturated carbocycles. The lowest BCUT2D eigenvalue weighted by molar-refractivity contribution is -0.144. The van der Waals surface area contributed by atoms with E-state index in [1.165, 1.54) is 12.1 Å². The Labute approximate surface area is 165 Å². The Bertz CT molecular complexity index is 966. The topological polar surface area (TPSA) is 80.7 Å². The Morgan fingerprint density at radius 1 is 0.821 bits per heavy atom. The molecular formula is C22H22O5S. The molecule has 3 aromatic rings. The predicted molar refractivity (Wildman–Crippen MR) is 107 cm³/mol. The molecule has 28 heavy (non-hydrogen) atoms. The predicted octanol–water partition coefficient (Wildman–Crippen LogP) is 4.21. The molecule has 0 bridgehead atoms. The van der Waals surface area contributed by atoms with E-state index in [0.29, 0.717) is 13.0 Å². The normalized spacial score (nSPS) is 10.5. The van der Waals surface area contributed by atoms with Crippen molar-refractivity contribution in [2.75, 3.05) is 0 Å². The smallest absolute Gasteiger partial charge is 0.310 e. The second-order valence-electron chi connectivity index (χ2n) is 6.10. The quantitative estimate of drug-likeness (QED) is 0.514. The summed E-state index contributed by atoms with van der Waals surface area (Å²) in [5.41, 5.74) is 2.94. The highest BCUT2D eigenvalue weighted by molar-refractivity contribution is 7.85. The van der Waals surface area contributed by atoms with Crippen LogP contribution in [0.15, 0.2) is 89.8 Å². The number of carbonyl (C=O) groups is 1. The van der Waals surface area contributed by atoms with Crippen molar-refractivity contribution in [1.82, 2.24) is 0 Å². The maximum atomic E-state index is 11.6. The molecule has 3 aromatic carbocycles. The van der Waals surface area contributed by atoms with Gasteiger partial charge in [-0.1, -0.05) is 78.4 Å². The summed E-state index contributed by atoms with van der Waals surface area (Å²) in [5, 5.41) is 0. The number of hydrogen-bond donors (Lipinski definition) is 1. The average Bonchev–Trinajstić information content (AvgIpc) is 2.68. The van der Waals surface area contributed by atoms with E-state index in [2.05, 4.69) is 0 Å². The summed E-state index contributed by atoms with van der Waals surface area (Å²) >= 11 is 0. The molecule has 0 atom stereocenters. The summed E-state index contributed by atoms with van der Waals surface area (Å²) in [6.07, 6.45) is 0.327. The first kappa shape index (κ1) is 21.3. The third-order valence-electron chi connectivity index (χ3n) is 3.75. The van der Waals surface area contributed by atoms with Gasteiger partial charge in [-0.25, -0.2) is 0 Å². The largest absolute Gasteiger partial charge is 0.461 e. The first-order valence-corrected chi connectivity index (χ1v) is 10.1. The third kappa shape index (κ3) is 7.73. The van der Waals surface area contributed by atoms with Gasteiger partial charge in [0.2, 0.25) is 0 Å². The highest BCUT2D eigenvalue weighted by Crippen LogP contribution is 2.08. The highest BCUT2D eigenvalue weighted by Gasteiger charge is 2.07. The monoisotopic (exact) mass is 398 g/mol. The van der Waals surface area contributed by atoms with Crippen molar-refractivity contribution in [2.45, 2.75) is 24.8 Å². The van der Waals surface area contributed by atoms with Gasteiger partial charge in [0.1, 0.15) is 6.61 Å². The third-order valence-corrected chi connectivity index (χ3v) is 4.62. The summed E-state index contributed by atoms with van der Waals surface area (Å²) in [7, 11) is -4.02. The lowest BCUT2D eigenvalue weighted by Crippen LogP contribution is -2.07. The number of rotatable bonds is 5. The number of hydrogen-bond acceptors (Lipinski definition) is 4. The lowest BCUT2D eigenvalue weighted by atomic mass is 10.1. The second-order valence-corrected chi connectivity index (χ2v) is 7.52. The number of ether oxygens (including phenoxy) is 1. The molecule has 0 unspecified atom stereocenters. The molecule has 146 valence electrons. The van der Waals surface area contributed by atoms with Crippen LogP contribution in [0.3, 0.4) is 0 Å². The van der Waals surface area contributed by atoms with Crippen molar-refractivity contribution in [3.63, 3.8) is 0 Å². The molecule has 0 fully saturated rings. The van der Waals surface area contributed by atoms with Gasteiger partial charge in [0.15, 0.2) is 0 Å². The number of esters is 1. The lowest BCUT2D eigenvalue weighted by Gasteiger charge is -2.04. The van der Waals surface area contributed by atoms with Crippen molar-refractivity contribution in [3.8, 4) is 0 Å². The average molecular weight is 398 g/mol. The van der Waals surface area contributed by atoms with Crippen molar-refractivity contribution >= 4 is 16.1 Å². The highest BCUT2D eigenvalue weighted by atomic mass is 32.2. The van der Waals surface area contributed by atoms with Crippen LogP contribution in [0, 0.1) is 6.92 Å². The summed E-state index contributed by atoms with van der Waals surface area (Å²) in [4.78, 5) is 11.5. The van der Waals surface area contributed by atoms with Crippen LogP contribution in [0.2, 0.25) is 0 Å². The molecule has 0 radical (unpaired) electrons. The summed E-state index contributed by atoms with van der Waals surface area (Å²) in [6, 6.07) is 25.3. The molecule has 6 heteroatoms. The first-order chi connectivity index (χ1) is 13.3. The maximum Gasteiger partial charge on any atom is 0.310 e. The van der Waals surface area contributed by atoms with Gasteiger partial charge in [0.25, 0.3) is 10.1 Å². The number of benzene rings is 3. The first-order valence-electron chi connectivity index (χ1n) is 8.62. The zero-order chi connectivity index (χ0) is 20.4. The molecule has 0 amide bonds. The SMILES string of the molecule is Cc1ccc(S(=O)(=O)O)cc1.O=C(Cc1ccccc1)OCc1ccccc1. The van der Waals surface area contributed by atoms with Crippen LogP contribution in [-0.2, 0) is 32.7 Å². The summed E-state index contributed by atoms with van der Waals surface area (Å²) in [6.45, 7) is 2.18. The van der Waals surface area contributed by atoms with E-state index in [0.717, 1.165) is 16.7 Å². The fraction of sp³-hybridized carbons (Fsp3) is 0.136. The van der Waals surface area contributed by atoms with Crippen LogP contribution < -0.4 is 0 Å². The minimum atomic E-state index is -4.02. The van der Waals surface area contributed by atoms with Gasteiger partial charge in [-0.15, -0.1) is 0 Å². The standard InChI is InChI=1S/C15H14O2.C7H8O3S/c16-15(11-13-7-3-1-4-8-13)17-12-14-9-5-2-6-10-14;1-6-2-4-7(5-3-6)11(8,9)10/h1-10H,11-12H2;2-5H,1H3,(H,8,9,10). The molecule has 3 rings (SSSR count). The van der Waals surface area contributed by atoms with E-state index in [9.17, 15) is 13.2 Å². The molecule has 0 heterocycles. The van der Waals surface area contributed by atoms with Crippen LogP contribution in [-0.4, -0.2) is 18.9 Å². The zero-order valence-corrected chi connectivity index (χ0v) is 16.3. The van der Waals surface area contributed by atoms with Gasteiger partial charge >= 0.3 is 5.97 Å². The molecule has 0 aliphatic rings. The minimum Gasteiger partial charge on any atom is -0.461 e. The summed E-state index contributed by atoms with van der Waals surface area (Å²) in [5.74, 6) is -0.194. The van der Waals surface area contributed by atoms with Crippen LogP contribution in [0.5, 0.6) is 0 Å². The fourth-order valence-corrected chi connectivity index (χ4v) is 2.74. The molecule has 1 N–H and O–H groups in total. The van der Waals surface area contributed by atoms with Gasteiger partial charge < -0.3 is 4.74 Å². The van der Waals surface area contributed by atoms with Crippen molar-refractivity contribution < 1.29 is 22.5 Å². The number of carbonyl (C=O) groups excluding carboxylic acids is 1. The maximum absolute atomic E-state index is 11.6. The molecule has 0 saturated heterocycles. The minimum absolute atomic E-state index is 0.0666. The Kier molecular flexibility index (Phi) is 7.92. The molecule has 0 aliphatic carbocycles. The molecular weight excluding hydrogens is 376 g/mol. The Morgan fingerprint density at radius 2 is 1.32 bits per heavy atom. The fourth-order valence-electron chi connectivity index (χ4n) is 2.26. The van der Waals surface area contributed by atoms with Gasteiger partial charge in [-0.05, 0) is 30.2 Å². The molecule has 0 aromatic heterocycles. The number of aryl methyl sites for hydroxylation is 1. The van der Waals surface area contributed by atoms with Crippen LogP contribution in [0.1, 0.15) is 16.7 Å². The van der Waals surface area contributed by atoms with Gasteiger partial charge in [0.05, 0.1) is 11.3 Å². The van der Waals surface area contributed by atoms with E-state index in [1.54, 1.807) is 12.1 Å². The van der Waals surface area contributed by atoms with E-state index in [-0.39, 0.29) is 10.9 Å². The Hall–Kier alpha value is -2.96. The van der Waals surface area contributed by atoms with Gasteiger partial charge in [0, 0.05) is 0 Å². The van der Waals surface area contributed by atoms with Crippen LogP contribution in [0.4, 0.5) is 0 Å². The molecule has 0 aliphatic heterocycles. The van der Waals surface area contributed by atoms with E-state index >= 15 is 0 Å². The molecule has 5 nitrogen and oxygen atoms in total. The Morgan fingerprint density at radius 3 is 1.82 bits per heavy atom. The van der Waals surface area contributed by atoms with E-state index in [1.807, 2.05) is 67.6 Å². The zero-order valence-electron chi connectivity index (χ0n) is 15.5. The van der Waals surface area contributed by atoms with Gasteiger partial charge in [-0.3, -0.25) is 9.35 Å². The van der Waals surface area contributed by atoms with Crippen molar-refractivity contribution in [1.29, 1.82) is 0 Å². The van der Waals surface area contributed by atoms with E-state index in [4.69, 9.17) is 9.29 Å². The van der Waals surface area contributed by atoms with Gasteiger partial charge in [-0.2, -0.15) is 8.42 Å². The summed E-state index contributed by atoms with van der Waals surface area (Å²) < 4.78 is 34.7. The van der Waals surface area contributed by atoms with Crippen LogP contribution in [0.25, 0.3) is 0 Å². The Balaban J connectivity index is 0.000000221. The van der Waals surface area contributed by atoms with Crippen molar-refractivity contribution in [2.24, 2.45) is 0 Å². The van der Waals surface area contributed by atoms with E-state index < -0.39 is 10.1 Å².